The Morgan fingerprint density at radius 1 is 1.05 bits per heavy atom. The van der Waals surface area contributed by atoms with Gasteiger partial charge in [0.15, 0.2) is 11.5 Å². The molecule has 0 bridgehead atoms. The lowest BCUT2D eigenvalue weighted by atomic mass is 10.1. The Hall–Kier alpha value is -1.91. The van der Waals surface area contributed by atoms with Crippen LogP contribution in [0.1, 0.15) is 5.56 Å². The van der Waals surface area contributed by atoms with E-state index in [4.69, 9.17) is 32.7 Å². The predicted molar refractivity (Wildman–Crippen MR) is 88.3 cm³/mol. The quantitative estimate of drug-likeness (QED) is 0.888. The maximum Gasteiger partial charge on any atom is 0.228 e. The maximum absolute atomic E-state index is 12.1. The second-order valence-corrected chi connectivity index (χ2v) is 5.31. The summed E-state index contributed by atoms with van der Waals surface area (Å²) in [4.78, 5) is 12.1. The average molecular weight is 340 g/mol. The van der Waals surface area contributed by atoms with Crippen molar-refractivity contribution in [2.45, 2.75) is 6.42 Å². The summed E-state index contributed by atoms with van der Waals surface area (Å²) >= 11 is 12.1. The van der Waals surface area contributed by atoms with E-state index in [0.29, 0.717) is 32.8 Å². The van der Waals surface area contributed by atoms with Gasteiger partial charge in [0.1, 0.15) is 0 Å². The number of anilines is 1. The molecule has 1 N–H and O–H groups in total. The Morgan fingerprint density at radius 2 is 1.68 bits per heavy atom. The summed E-state index contributed by atoms with van der Waals surface area (Å²) in [6, 6.07) is 10.3. The van der Waals surface area contributed by atoms with Gasteiger partial charge in [0.2, 0.25) is 5.91 Å². The highest BCUT2D eigenvalue weighted by atomic mass is 35.5. The lowest BCUT2D eigenvalue weighted by Gasteiger charge is -2.11. The molecule has 22 heavy (non-hydrogen) atoms. The molecular formula is C16H15Cl2NO3. The van der Waals surface area contributed by atoms with E-state index in [1.165, 1.54) is 7.11 Å². The first-order chi connectivity index (χ1) is 10.5. The highest BCUT2D eigenvalue weighted by molar-refractivity contribution is 6.36. The first-order valence-corrected chi connectivity index (χ1v) is 7.25. The van der Waals surface area contributed by atoms with Crippen LogP contribution >= 0.6 is 23.2 Å². The molecule has 1 amide bonds. The number of carbonyl (C=O) groups excluding carboxylic acids is 1. The molecule has 0 saturated heterocycles. The van der Waals surface area contributed by atoms with E-state index < -0.39 is 0 Å². The smallest absolute Gasteiger partial charge is 0.228 e. The van der Waals surface area contributed by atoms with E-state index >= 15 is 0 Å². The topological polar surface area (TPSA) is 47.6 Å². The fraction of sp³-hybridized carbons (Fsp3) is 0.188. The molecule has 0 fully saturated rings. The predicted octanol–water partition coefficient (Wildman–Crippen LogP) is 4.19. The van der Waals surface area contributed by atoms with Gasteiger partial charge in [-0.1, -0.05) is 29.3 Å². The highest BCUT2D eigenvalue weighted by Crippen LogP contribution is 2.30. The van der Waals surface area contributed by atoms with E-state index in [2.05, 4.69) is 5.32 Å². The largest absolute Gasteiger partial charge is 0.493 e. The SMILES string of the molecule is COc1ccc(NC(=O)Cc2c(Cl)cccc2Cl)cc1OC. The number of ether oxygens (including phenoxy) is 2. The lowest BCUT2D eigenvalue weighted by molar-refractivity contribution is -0.115. The van der Waals surface area contributed by atoms with Crippen molar-refractivity contribution >= 4 is 34.8 Å². The Kier molecular flexibility index (Phi) is 5.52. The highest BCUT2D eigenvalue weighted by Gasteiger charge is 2.12. The van der Waals surface area contributed by atoms with Crippen molar-refractivity contribution in [3.63, 3.8) is 0 Å². The van der Waals surface area contributed by atoms with Gasteiger partial charge in [-0.2, -0.15) is 0 Å². The third-order valence-corrected chi connectivity index (χ3v) is 3.77. The number of methoxy groups -OCH3 is 2. The van der Waals surface area contributed by atoms with Crippen molar-refractivity contribution in [2.75, 3.05) is 19.5 Å². The monoisotopic (exact) mass is 339 g/mol. The molecule has 0 heterocycles. The van der Waals surface area contributed by atoms with Crippen molar-refractivity contribution in [3.8, 4) is 11.5 Å². The Morgan fingerprint density at radius 3 is 2.27 bits per heavy atom. The molecule has 116 valence electrons. The third kappa shape index (κ3) is 3.84. The molecule has 0 aliphatic rings. The maximum atomic E-state index is 12.1. The molecule has 0 aliphatic heterocycles. The van der Waals surface area contributed by atoms with Crippen LogP contribution in [0.2, 0.25) is 10.0 Å². The van der Waals surface area contributed by atoms with Crippen LogP contribution in [0, 0.1) is 0 Å². The van der Waals surface area contributed by atoms with Gasteiger partial charge in [0, 0.05) is 21.8 Å². The Bertz CT molecular complexity index is 669. The summed E-state index contributed by atoms with van der Waals surface area (Å²) in [7, 11) is 3.09. The van der Waals surface area contributed by atoms with Gasteiger partial charge < -0.3 is 14.8 Å². The Labute approximate surface area is 138 Å². The molecule has 6 heteroatoms. The molecule has 2 rings (SSSR count). The van der Waals surface area contributed by atoms with Gasteiger partial charge >= 0.3 is 0 Å². The van der Waals surface area contributed by atoms with Crippen molar-refractivity contribution < 1.29 is 14.3 Å². The molecule has 4 nitrogen and oxygen atoms in total. The number of rotatable bonds is 5. The normalized spacial score (nSPS) is 10.2. The second-order valence-electron chi connectivity index (χ2n) is 4.49. The zero-order valence-corrected chi connectivity index (χ0v) is 13.7. The van der Waals surface area contributed by atoms with Crippen molar-refractivity contribution in [3.05, 3.63) is 52.0 Å². The number of hydrogen-bond acceptors (Lipinski definition) is 3. The van der Waals surface area contributed by atoms with Gasteiger partial charge in [-0.05, 0) is 29.8 Å². The number of benzene rings is 2. The summed E-state index contributed by atoms with van der Waals surface area (Å²) in [5.41, 5.74) is 1.20. The molecule has 2 aromatic carbocycles. The van der Waals surface area contributed by atoms with Gasteiger partial charge in [-0.25, -0.2) is 0 Å². The van der Waals surface area contributed by atoms with Crippen LogP contribution in [-0.4, -0.2) is 20.1 Å². The standard InChI is InChI=1S/C16H15Cl2NO3/c1-21-14-7-6-10(8-15(14)22-2)19-16(20)9-11-12(17)4-3-5-13(11)18/h3-8H,9H2,1-2H3,(H,19,20). The summed E-state index contributed by atoms with van der Waals surface area (Å²) in [6.45, 7) is 0. The van der Waals surface area contributed by atoms with E-state index in [9.17, 15) is 4.79 Å². The van der Waals surface area contributed by atoms with Crippen LogP contribution < -0.4 is 14.8 Å². The van der Waals surface area contributed by atoms with Gasteiger partial charge in [-0.15, -0.1) is 0 Å². The summed E-state index contributed by atoms with van der Waals surface area (Å²) in [5, 5.41) is 3.71. The number of amides is 1. The van der Waals surface area contributed by atoms with Crippen LogP contribution in [0.4, 0.5) is 5.69 Å². The van der Waals surface area contributed by atoms with E-state index in [0.717, 1.165) is 0 Å². The Balaban J connectivity index is 2.12. The molecule has 0 unspecified atom stereocenters. The second kappa shape index (κ2) is 7.38. The average Bonchev–Trinajstić information content (AvgIpc) is 2.51. The minimum Gasteiger partial charge on any atom is -0.493 e. The summed E-state index contributed by atoms with van der Waals surface area (Å²) in [6.07, 6.45) is 0.0901. The van der Waals surface area contributed by atoms with Crippen molar-refractivity contribution in [2.24, 2.45) is 0 Å². The van der Waals surface area contributed by atoms with E-state index in [1.54, 1.807) is 43.5 Å². The zero-order valence-electron chi connectivity index (χ0n) is 12.2. The van der Waals surface area contributed by atoms with E-state index in [1.807, 2.05) is 0 Å². The van der Waals surface area contributed by atoms with Crippen LogP contribution in [-0.2, 0) is 11.2 Å². The van der Waals surface area contributed by atoms with Crippen LogP contribution in [0.25, 0.3) is 0 Å². The number of carbonyl (C=O) groups is 1. The minimum absolute atomic E-state index is 0.0901. The van der Waals surface area contributed by atoms with Crippen molar-refractivity contribution in [1.82, 2.24) is 0 Å². The molecule has 0 radical (unpaired) electrons. The first-order valence-electron chi connectivity index (χ1n) is 6.50. The number of nitrogens with one attached hydrogen (secondary N) is 1. The minimum atomic E-state index is -0.220. The van der Waals surface area contributed by atoms with E-state index in [-0.39, 0.29) is 12.3 Å². The molecule has 0 atom stereocenters. The molecular weight excluding hydrogens is 325 g/mol. The fourth-order valence-corrected chi connectivity index (χ4v) is 2.51. The van der Waals surface area contributed by atoms with Gasteiger partial charge in [0.05, 0.1) is 20.6 Å². The molecule has 0 spiro atoms. The zero-order chi connectivity index (χ0) is 16.1. The lowest BCUT2D eigenvalue weighted by Crippen LogP contribution is -2.15. The molecule has 0 aliphatic carbocycles. The summed E-state index contributed by atoms with van der Waals surface area (Å²) < 4.78 is 10.3. The van der Waals surface area contributed by atoms with Crippen LogP contribution in [0.15, 0.2) is 36.4 Å². The van der Waals surface area contributed by atoms with Crippen LogP contribution in [0.5, 0.6) is 11.5 Å². The van der Waals surface area contributed by atoms with Crippen LogP contribution in [0.3, 0.4) is 0 Å². The van der Waals surface area contributed by atoms with Gasteiger partial charge in [-0.3, -0.25) is 4.79 Å². The molecule has 0 saturated carbocycles. The van der Waals surface area contributed by atoms with Gasteiger partial charge in [0.25, 0.3) is 0 Å². The number of hydrogen-bond donors (Lipinski definition) is 1. The molecule has 2 aromatic rings. The fourth-order valence-electron chi connectivity index (χ4n) is 1.98. The third-order valence-electron chi connectivity index (χ3n) is 3.07. The first kappa shape index (κ1) is 16.5. The number of halogens is 2. The molecule has 0 aromatic heterocycles. The van der Waals surface area contributed by atoms with Crippen molar-refractivity contribution in [1.29, 1.82) is 0 Å². The summed E-state index contributed by atoms with van der Waals surface area (Å²) in [5.74, 6) is 0.910.